The zero-order valence-corrected chi connectivity index (χ0v) is 14.6. The van der Waals surface area contributed by atoms with Crippen molar-refractivity contribution < 1.29 is 19.2 Å². The molecule has 2 aromatic carbocycles. The number of rotatable bonds is 7. The number of hydrogen-bond donors (Lipinski definition) is 0. The topological polar surface area (TPSA) is 114 Å². The Kier molecular flexibility index (Phi) is 6.61. The first-order chi connectivity index (χ1) is 12.9. The molecule has 0 N–H and O–H groups in total. The number of benzene rings is 2. The molecule has 138 valence electrons. The predicted octanol–water partition coefficient (Wildman–Crippen LogP) is 3.09. The van der Waals surface area contributed by atoms with Crippen molar-refractivity contribution in [1.82, 2.24) is 0 Å². The Morgan fingerprint density at radius 3 is 2.56 bits per heavy atom. The highest BCUT2D eigenvalue weighted by molar-refractivity contribution is 5.99. The molecule has 0 aromatic heterocycles. The normalized spacial score (nSPS) is 11.1. The van der Waals surface area contributed by atoms with Gasteiger partial charge in [-0.05, 0) is 25.1 Å². The second-order valence-corrected chi connectivity index (χ2v) is 5.59. The molecule has 0 aliphatic rings. The zero-order chi connectivity index (χ0) is 19.8. The number of esters is 1. The summed E-state index contributed by atoms with van der Waals surface area (Å²) in [6.07, 6.45) is -1.01. The van der Waals surface area contributed by atoms with E-state index >= 15 is 0 Å². The standard InChI is InChI=1S/C19H17N3O5/c1-14(27-19(24)15-7-5-10-17(13-15)22(25)26)18(23)21(12-6-11-20)16-8-3-2-4-9-16/h2-5,7-10,13-14H,6,12H2,1H3. The number of nitro benzene ring substituents is 1. The molecular formula is C19H17N3O5. The van der Waals surface area contributed by atoms with Crippen LogP contribution < -0.4 is 4.90 Å². The van der Waals surface area contributed by atoms with Gasteiger partial charge in [-0.3, -0.25) is 14.9 Å². The van der Waals surface area contributed by atoms with Gasteiger partial charge in [0.05, 0.1) is 23.0 Å². The highest BCUT2D eigenvalue weighted by Gasteiger charge is 2.26. The van der Waals surface area contributed by atoms with Crippen molar-refractivity contribution in [3.8, 4) is 6.07 Å². The number of para-hydroxylation sites is 1. The minimum absolute atomic E-state index is 0.0212. The number of ether oxygens (including phenoxy) is 1. The van der Waals surface area contributed by atoms with Crippen molar-refractivity contribution in [1.29, 1.82) is 5.26 Å². The Balaban J connectivity index is 2.14. The molecule has 0 saturated heterocycles. The Morgan fingerprint density at radius 2 is 1.93 bits per heavy atom. The molecule has 0 fully saturated rings. The molecular weight excluding hydrogens is 350 g/mol. The molecule has 8 heteroatoms. The van der Waals surface area contributed by atoms with Crippen LogP contribution in [0.25, 0.3) is 0 Å². The van der Waals surface area contributed by atoms with E-state index in [2.05, 4.69) is 0 Å². The van der Waals surface area contributed by atoms with Gasteiger partial charge in [-0.2, -0.15) is 5.26 Å². The van der Waals surface area contributed by atoms with E-state index in [1.54, 1.807) is 30.3 Å². The molecule has 2 aromatic rings. The molecule has 1 unspecified atom stereocenters. The van der Waals surface area contributed by atoms with Crippen molar-refractivity contribution in [2.45, 2.75) is 19.4 Å². The molecule has 8 nitrogen and oxygen atoms in total. The number of hydrogen-bond acceptors (Lipinski definition) is 6. The van der Waals surface area contributed by atoms with Gasteiger partial charge in [0.25, 0.3) is 11.6 Å². The summed E-state index contributed by atoms with van der Waals surface area (Å²) in [4.78, 5) is 36.5. The minimum Gasteiger partial charge on any atom is -0.449 e. The van der Waals surface area contributed by atoms with E-state index in [4.69, 9.17) is 10.00 Å². The maximum Gasteiger partial charge on any atom is 0.339 e. The maximum absolute atomic E-state index is 12.7. The van der Waals surface area contributed by atoms with E-state index in [0.29, 0.717) is 5.69 Å². The summed E-state index contributed by atoms with van der Waals surface area (Å²) < 4.78 is 5.18. The predicted molar refractivity (Wildman–Crippen MR) is 97.0 cm³/mol. The van der Waals surface area contributed by atoms with Gasteiger partial charge < -0.3 is 9.64 Å². The first-order valence-electron chi connectivity index (χ1n) is 8.13. The highest BCUT2D eigenvalue weighted by Crippen LogP contribution is 2.18. The van der Waals surface area contributed by atoms with E-state index in [1.165, 1.54) is 30.0 Å². The number of amides is 1. The fourth-order valence-corrected chi connectivity index (χ4v) is 2.38. The van der Waals surface area contributed by atoms with Crippen LogP contribution in [0.3, 0.4) is 0 Å². The third-order valence-corrected chi connectivity index (χ3v) is 3.71. The van der Waals surface area contributed by atoms with Gasteiger partial charge in [-0.15, -0.1) is 0 Å². The lowest BCUT2D eigenvalue weighted by atomic mass is 10.2. The number of nitriles is 1. The number of nitro groups is 1. The van der Waals surface area contributed by atoms with Gasteiger partial charge in [0.1, 0.15) is 0 Å². The van der Waals surface area contributed by atoms with Gasteiger partial charge >= 0.3 is 5.97 Å². The Morgan fingerprint density at radius 1 is 1.22 bits per heavy atom. The Labute approximate surface area is 155 Å². The van der Waals surface area contributed by atoms with Crippen molar-refractivity contribution >= 4 is 23.3 Å². The van der Waals surface area contributed by atoms with E-state index in [-0.39, 0.29) is 24.2 Å². The van der Waals surface area contributed by atoms with Crippen LogP contribution in [-0.4, -0.2) is 29.4 Å². The van der Waals surface area contributed by atoms with Crippen molar-refractivity contribution in [2.24, 2.45) is 0 Å². The van der Waals surface area contributed by atoms with Crippen LogP contribution in [0.4, 0.5) is 11.4 Å². The van der Waals surface area contributed by atoms with E-state index in [9.17, 15) is 19.7 Å². The number of non-ortho nitro benzene ring substituents is 1. The summed E-state index contributed by atoms with van der Waals surface area (Å²) in [5.74, 6) is -1.33. The van der Waals surface area contributed by atoms with Crippen LogP contribution in [-0.2, 0) is 9.53 Å². The number of nitrogens with zero attached hydrogens (tertiary/aromatic N) is 3. The quantitative estimate of drug-likeness (QED) is 0.422. The van der Waals surface area contributed by atoms with E-state index in [1.807, 2.05) is 6.07 Å². The lowest BCUT2D eigenvalue weighted by Crippen LogP contribution is -2.40. The molecule has 1 atom stereocenters. The van der Waals surface area contributed by atoms with Gasteiger partial charge in [-0.1, -0.05) is 24.3 Å². The average Bonchev–Trinajstić information content (AvgIpc) is 2.68. The molecule has 27 heavy (non-hydrogen) atoms. The Hall–Kier alpha value is -3.73. The molecule has 0 aliphatic heterocycles. The van der Waals surface area contributed by atoms with Gasteiger partial charge in [-0.25, -0.2) is 4.79 Å². The van der Waals surface area contributed by atoms with Crippen LogP contribution >= 0.6 is 0 Å². The molecule has 0 radical (unpaired) electrons. The maximum atomic E-state index is 12.7. The van der Waals surface area contributed by atoms with Crippen molar-refractivity contribution in [3.05, 3.63) is 70.3 Å². The summed E-state index contributed by atoms with van der Waals surface area (Å²) in [5, 5.41) is 19.6. The smallest absolute Gasteiger partial charge is 0.339 e. The number of carbonyl (C=O) groups is 2. The fourth-order valence-electron chi connectivity index (χ4n) is 2.38. The molecule has 2 rings (SSSR count). The third kappa shape index (κ3) is 5.12. The number of anilines is 1. The van der Waals surface area contributed by atoms with Gasteiger partial charge in [0.15, 0.2) is 6.10 Å². The second-order valence-electron chi connectivity index (χ2n) is 5.59. The molecule has 0 saturated carbocycles. The van der Waals surface area contributed by atoms with Crippen molar-refractivity contribution in [3.63, 3.8) is 0 Å². The summed E-state index contributed by atoms with van der Waals surface area (Å²) in [7, 11) is 0. The summed E-state index contributed by atoms with van der Waals surface area (Å²) in [6, 6.07) is 15.8. The van der Waals surface area contributed by atoms with Crippen LogP contribution in [0.15, 0.2) is 54.6 Å². The van der Waals surface area contributed by atoms with Crippen LogP contribution in [0.5, 0.6) is 0 Å². The lowest BCUT2D eigenvalue weighted by Gasteiger charge is -2.25. The van der Waals surface area contributed by atoms with Crippen LogP contribution in [0.1, 0.15) is 23.7 Å². The molecule has 1 amide bonds. The summed E-state index contributed by atoms with van der Waals surface area (Å²) in [6.45, 7) is 1.57. The summed E-state index contributed by atoms with van der Waals surface area (Å²) in [5.41, 5.74) is 0.312. The fraction of sp³-hybridized carbons (Fsp3) is 0.211. The van der Waals surface area contributed by atoms with E-state index < -0.39 is 22.9 Å². The molecule has 0 spiro atoms. The number of carbonyl (C=O) groups excluding carboxylic acids is 2. The SMILES string of the molecule is CC(OC(=O)c1cccc([N+](=O)[O-])c1)C(=O)N(CCC#N)c1ccccc1. The van der Waals surface area contributed by atoms with Gasteiger partial charge in [0.2, 0.25) is 0 Å². The highest BCUT2D eigenvalue weighted by atomic mass is 16.6. The summed E-state index contributed by atoms with van der Waals surface area (Å²) >= 11 is 0. The van der Waals surface area contributed by atoms with E-state index in [0.717, 1.165) is 6.07 Å². The Bertz CT molecular complexity index is 876. The average molecular weight is 367 g/mol. The molecule has 0 aliphatic carbocycles. The van der Waals surface area contributed by atoms with Gasteiger partial charge in [0, 0.05) is 24.4 Å². The zero-order valence-electron chi connectivity index (χ0n) is 14.6. The molecule has 0 heterocycles. The second kappa shape index (κ2) is 9.10. The van der Waals surface area contributed by atoms with Crippen molar-refractivity contribution in [2.75, 3.05) is 11.4 Å². The van der Waals surface area contributed by atoms with Crippen LogP contribution in [0, 0.1) is 21.4 Å². The first-order valence-corrected chi connectivity index (χ1v) is 8.13. The minimum atomic E-state index is -1.13. The lowest BCUT2D eigenvalue weighted by molar-refractivity contribution is -0.384. The van der Waals surface area contributed by atoms with Crippen LogP contribution in [0.2, 0.25) is 0 Å². The monoisotopic (exact) mass is 367 g/mol. The largest absolute Gasteiger partial charge is 0.449 e. The third-order valence-electron chi connectivity index (χ3n) is 3.71. The molecule has 0 bridgehead atoms. The first kappa shape index (κ1) is 19.6.